The summed E-state index contributed by atoms with van der Waals surface area (Å²) < 4.78 is 5.84. The zero-order valence-electron chi connectivity index (χ0n) is 11.6. The van der Waals surface area contributed by atoms with E-state index >= 15 is 0 Å². The van der Waals surface area contributed by atoms with Gasteiger partial charge in [-0.05, 0) is 27.9 Å². The summed E-state index contributed by atoms with van der Waals surface area (Å²) in [7, 11) is 1.59. The van der Waals surface area contributed by atoms with Crippen molar-refractivity contribution in [1.29, 1.82) is 0 Å². The molecule has 0 aliphatic carbocycles. The molecule has 20 heavy (non-hydrogen) atoms. The molecule has 0 aliphatic rings. The predicted molar refractivity (Wildman–Crippen MR) is 81.7 cm³/mol. The Morgan fingerprint density at radius 3 is 2.70 bits per heavy atom. The summed E-state index contributed by atoms with van der Waals surface area (Å²) in [5.74, 6) is 1.79. The molecule has 2 aromatic rings. The molecule has 6 heteroatoms. The maximum Gasteiger partial charge on any atom is 0.212 e. The molecule has 0 amide bonds. The quantitative estimate of drug-likeness (QED) is 0.908. The van der Waals surface area contributed by atoms with Crippen molar-refractivity contribution in [3.8, 4) is 5.88 Å². The second kappa shape index (κ2) is 6.65. The van der Waals surface area contributed by atoms with Gasteiger partial charge in [-0.2, -0.15) is 0 Å². The van der Waals surface area contributed by atoms with Crippen molar-refractivity contribution < 1.29 is 4.74 Å². The second-order valence-electron chi connectivity index (χ2n) is 4.42. The van der Waals surface area contributed by atoms with Crippen molar-refractivity contribution in [3.05, 3.63) is 39.9 Å². The lowest BCUT2D eigenvalue weighted by Gasteiger charge is -2.08. The molecule has 0 fully saturated rings. The van der Waals surface area contributed by atoms with Crippen LogP contribution in [0.5, 0.6) is 5.88 Å². The lowest BCUT2D eigenvalue weighted by Crippen LogP contribution is -2.06. The molecule has 0 aliphatic heterocycles. The Hall–Kier alpha value is -1.69. The average molecular weight is 337 g/mol. The summed E-state index contributed by atoms with van der Waals surface area (Å²) >= 11 is 3.44. The van der Waals surface area contributed by atoms with E-state index in [0.29, 0.717) is 23.9 Å². The minimum Gasteiger partial charge on any atom is -0.481 e. The van der Waals surface area contributed by atoms with E-state index in [1.54, 1.807) is 13.3 Å². The summed E-state index contributed by atoms with van der Waals surface area (Å²) in [5, 5.41) is 0. The number of hydrogen-bond acceptors (Lipinski definition) is 5. The molecule has 0 saturated carbocycles. The molecule has 0 aromatic carbocycles. The van der Waals surface area contributed by atoms with Crippen LogP contribution in [0.2, 0.25) is 0 Å². The van der Waals surface area contributed by atoms with Crippen molar-refractivity contribution in [3.63, 3.8) is 0 Å². The number of methoxy groups -OCH3 is 1. The highest BCUT2D eigenvalue weighted by Gasteiger charge is 2.10. The Kier molecular flexibility index (Phi) is 4.89. The van der Waals surface area contributed by atoms with E-state index in [1.807, 2.05) is 12.1 Å². The van der Waals surface area contributed by atoms with Crippen LogP contribution in [-0.4, -0.2) is 22.1 Å². The molecule has 0 bridgehead atoms. The van der Waals surface area contributed by atoms with Crippen LogP contribution in [0.25, 0.3) is 0 Å². The van der Waals surface area contributed by atoms with E-state index in [4.69, 9.17) is 10.5 Å². The van der Waals surface area contributed by atoms with Gasteiger partial charge in [0.25, 0.3) is 0 Å². The van der Waals surface area contributed by atoms with Gasteiger partial charge >= 0.3 is 0 Å². The van der Waals surface area contributed by atoms with E-state index in [0.717, 1.165) is 28.6 Å². The number of hydrogen-bond donors (Lipinski definition) is 1. The van der Waals surface area contributed by atoms with Gasteiger partial charge in [-0.25, -0.2) is 15.0 Å². The van der Waals surface area contributed by atoms with Crippen LogP contribution in [0.3, 0.4) is 0 Å². The third kappa shape index (κ3) is 3.45. The lowest BCUT2D eigenvalue weighted by molar-refractivity contribution is 0.397. The van der Waals surface area contributed by atoms with E-state index < -0.39 is 0 Å². The van der Waals surface area contributed by atoms with Crippen molar-refractivity contribution in [2.75, 3.05) is 12.8 Å². The monoisotopic (exact) mass is 336 g/mol. The molecule has 2 aromatic heterocycles. The van der Waals surface area contributed by atoms with Gasteiger partial charge in [-0.15, -0.1) is 0 Å². The highest BCUT2D eigenvalue weighted by atomic mass is 79.9. The maximum absolute atomic E-state index is 5.92. The zero-order valence-corrected chi connectivity index (χ0v) is 13.1. The number of nitrogens with two attached hydrogens (primary N) is 1. The van der Waals surface area contributed by atoms with Gasteiger partial charge in [-0.1, -0.05) is 19.4 Å². The molecule has 5 nitrogen and oxygen atoms in total. The van der Waals surface area contributed by atoms with Crippen LogP contribution in [0.4, 0.5) is 5.82 Å². The first-order valence-corrected chi connectivity index (χ1v) is 7.23. The normalized spacial score (nSPS) is 10.6. The van der Waals surface area contributed by atoms with Gasteiger partial charge < -0.3 is 10.5 Å². The number of nitrogen functional groups attached to an aromatic ring is 1. The van der Waals surface area contributed by atoms with Gasteiger partial charge in [0.15, 0.2) is 0 Å². The van der Waals surface area contributed by atoms with Crippen LogP contribution in [-0.2, 0) is 12.8 Å². The standard InChI is InChI=1S/C14H17BrN4O/c1-3-4-10-13(15)14(16)19-11(18-10)7-9-5-6-12(20-2)17-8-9/h5-6,8H,3-4,7H2,1-2H3,(H2,16,18,19). The smallest absolute Gasteiger partial charge is 0.212 e. The molecule has 2 N–H and O–H groups in total. The highest BCUT2D eigenvalue weighted by Crippen LogP contribution is 2.23. The molecular weight excluding hydrogens is 320 g/mol. The molecule has 106 valence electrons. The predicted octanol–water partition coefficient (Wildman–Crippen LogP) is 2.77. The van der Waals surface area contributed by atoms with Crippen molar-refractivity contribution in [2.24, 2.45) is 0 Å². The van der Waals surface area contributed by atoms with Crippen molar-refractivity contribution in [2.45, 2.75) is 26.2 Å². The topological polar surface area (TPSA) is 73.9 Å². The minimum absolute atomic E-state index is 0.486. The fourth-order valence-electron chi connectivity index (χ4n) is 1.87. The fraction of sp³-hybridized carbons (Fsp3) is 0.357. The average Bonchev–Trinajstić information content (AvgIpc) is 2.45. The number of anilines is 1. The summed E-state index contributed by atoms with van der Waals surface area (Å²) in [6, 6.07) is 3.78. The van der Waals surface area contributed by atoms with Crippen molar-refractivity contribution in [1.82, 2.24) is 15.0 Å². The Morgan fingerprint density at radius 1 is 1.30 bits per heavy atom. The summed E-state index contributed by atoms with van der Waals surface area (Å²) in [6.07, 6.45) is 4.25. The van der Waals surface area contributed by atoms with E-state index in [-0.39, 0.29) is 0 Å². The molecular formula is C14H17BrN4O. The molecule has 0 unspecified atom stereocenters. The third-order valence-corrected chi connectivity index (χ3v) is 3.71. The van der Waals surface area contributed by atoms with Gasteiger partial charge in [-0.3, -0.25) is 0 Å². The van der Waals surface area contributed by atoms with Gasteiger partial charge in [0, 0.05) is 18.7 Å². The molecule has 0 atom stereocenters. The lowest BCUT2D eigenvalue weighted by atomic mass is 10.2. The summed E-state index contributed by atoms with van der Waals surface area (Å²) in [4.78, 5) is 13.1. The number of aryl methyl sites for hydroxylation is 1. The SMILES string of the molecule is CCCc1nc(Cc2ccc(OC)nc2)nc(N)c1Br. The second-order valence-corrected chi connectivity index (χ2v) is 5.21. The minimum atomic E-state index is 0.486. The summed E-state index contributed by atoms with van der Waals surface area (Å²) in [5.41, 5.74) is 7.90. The summed E-state index contributed by atoms with van der Waals surface area (Å²) in [6.45, 7) is 2.11. The number of aromatic nitrogens is 3. The van der Waals surface area contributed by atoms with Crippen LogP contribution in [0, 0.1) is 0 Å². The van der Waals surface area contributed by atoms with Crippen LogP contribution < -0.4 is 10.5 Å². The molecule has 0 radical (unpaired) electrons. The van der Waals surface area contributed by atoms with Crippen LogP contribution in [0.15, 0.2) is 22.8 Å². The van der Waals surface area contributed by atoms with E-state index in [9.17, 15) is 0 Å². The third-order valence-electron chi connectivity index (χ3n) is 2.85. The highest BCUT2D eigenvalue weighted by molar-refractivity contribution is 9.10. The maximum atomic E-state index is 5.92. The van der Waals surface area contributed by atoms with Gasteiger partial charge in [0.1, 0.15) is 11.6 Å². The van der Waals surface area contributed by atoms with Gasteiger partial charge in [0.2, 0.25) is 5.88 Å². The zero-order chi connectivity index (χ0) is 14.5. The van der Waals surface area contributed by atoms with E-state index in [1.165, 1.54) is 0 Å². The molecule has 2 rings (SSSR count). The van der Waals surface area contributed by atoms with Crippen LogP contribution in [0.1, 0.15) is 30.4 Å². The Labute approximate surface area is 126 Å². The first-order valence-electron chi connectivity index (χ1n) is 6.43. The van der Waals surface area contributed by atoms with Crippen LogP contribution >= 0.6 is 15.9 Å². The van der Waals surface area contributed by atoms with E-state index in [2.05, 4.69) is 37.8 Å². The first-order chi connectivity index (χ1) is 9.63. The molecule has 0 spiro atoms. The van der Waals surface area contributed by atoms with Gasteiger partial charge in [0.05, 0.1) is 17.3 Å². The Morgan fingerprint density at radius 2 is 2.10 bits per heavy atom. The Bertz CT molecular complexity index is 586. The first kappa shape index (κ1) is 14.7. The number of pyridine rings is 1. The number of rotatable bonds is 5. The number of ether oxygens (including phenoxy) is 1. The number of halogens is 1. The molecule has 2 heterocycles. The number of nitrogens with zero attached hydrogens (tertiary/aromatic N) is 3. The Balaban J connectivity index is 2.23. The molecule has 0 saturated heterocycles. The largest absolute Gasteiger partial charge is 0.481 e. The van der Waals surface area contributed by atoms with Crippen molar-refractivity contribution >= 4 is 21.7 Å². The fourth-order valence-corrected chi connectivity index (χ4v) is 2.24.